The van der Waals surface area contributed by atoms with Gasteiger partial charge in [0.1, 0.15) is 0 Å². The maximum atomic E-state index is 9.40. The molecular formula is C9H14O. The molecule has 2 aliphatic rings. The van der Waals surface area contributed by atoms with Crippen molar-refractivity contribution in [1.82, 2.24) is 0 Å². The number of fused-ring (bicyclic) bond motifs is 2. The van der Waals surface area contributed by atoms with Crippen molar-refractivity contribution in [3.8, 4) is 0 Å². The topological polar surface area (TPSA) is 20.2 Å². The molecule has 0 aliphatic heterocycles. The van der Waals surface area contributed by atoms with Gasteiger partial charge in [0, 0.05) is 0 Å². The van der Waals surface area contributed by atoms with Gasteiger partial charge in [0.15, 0.2) is 0 Å². The summed E-state index contributed by atoms with van der Waals surface area (Å²) in [4.78, 5) is 0. The molecule has 1 heteroatoms. The second-order valence-corrected chi connectivity index (χ2v) is 3.69. The third-order valence-corrected chi connectivity index (χ3v) is 3.18. The minimum atomic E-state index is 0.0150. The van der Waals surface area contributed by atoms with Crippen LogP contribution in [0.1, 0.15) is 19.3 Å². The zero-order valence-corrected chi connectivity index (χ0v) is 6.16. The van der Waals surface area contributed by atoms with Crippen LogP contribution < -0.4 is 0 Å². The highest BCUT2D eigenvalue weighted by atomic mass is 16.3. The standard InChI is InChI=1S/C9H14O/c1-2-6-3-8-4-7(6)5-9(8)10/h2,6-10H,1,3-5H2/t6-,7+,8-,9-/m1/s1. The van der Waals surface area contributed by atoms with Crippen LogP contribution in [0.25, 0.3) is 0 Å². The lowest BCUT2D eigenvalue weighted by Gasteiger charge is -2.21. The predicted octanol–water partition coefficient (Wildman–Crippen LogP) is 1.58. The van der Waals surface area contributed by atoms with Gasteiger partial charge in [-0.1, -0.05) is 6.08 Å². The van der Waals surface area contributed by atoms with Crippen molar-refractivity contribution in [2.45, 2.75) is 25.4 Å². The Labute approximate surface area is 61.8 Å². The molecule has 2 fully saturated rings. The molecule has 0 saturated heterocycles. The summed E-state index contributed by atoms with van der Waals surface area (Å²) >= 11 is 0. The number of allylic oxidation sites excluding steroid dienone is 1. The van der Waals surface area contributed by atoms with Crippen molar-refractivity contribution in [2.75, 3.05) is 0 Å². The van der Waals surface area contributed by atoms with Crippen LogP contribution >= 0.6 is 0 Å². The van der Waals surface area contributed by atoms with E-state index in [-0.39, 0.29) is 6.10 Å². The van der Waals surface area contributed by atoms with Crippen molar-refractivity contribution in [1.29, 1.82) is 0 Å². The van der Waals surface area contributed by atoms with Crippen LogP contribution in [0.15, 0.2) is 12.7 Å². The van der Waals surface area contributed by atoms with Gasteiger partial charge >= 0.3 is 0 Å². The van der Waals surface area contributed by atoms with Crippen molar-refractivity contribution in [3.05, 3.63) is 12.7 Å². The van der Waals surface area contributed by atoms with Gasteiger partial charge < -0.3 is 5.11 Å². The van der Waals surface area contributed by atoms with Crippen LogP contribution in [0.4, 0.5) is 0 Å². The van der Waals surface area contributed by atoms with E-state index in [9.17, 15) is 5.11 Å². The Morgan fingerprint density at radius 2 is 2.00 bits per heavy atom. The first kappa shape index (κ1) is 6.41. The van der Waals surface area contributed by atoms with Gasteiger partial charge in [0.2, 0.25) is 0 Å². The fourth-order valence-electron chi connectivity index (χ4n) is 2.58. The van der Waals surface area contributed by atoms with Crippen molar-refractivity contribution in [3.63, 3.8) is 0 Å². The minimum Gasteiger partial charge on any atom is -0.393 e. The minimum absolute atomic E-state index is 0.0150. The molecule has 1 nitrogen and oxygen atoms in total. The average molecular weight is 138 g/mol. The highest BCUT2D eigenvalue weighted by Crippen LogP contribution is 2.48. The third kappa shape index (κ3) is 0.734. The fraction of sp³-hybridized carbons (Fsp3) is 0.778. The first-order valence-electron chi connectivity index (χ1n) is 4.12. The Morgan fingerprint density at radius 1 is 1.20 bits per heavy atom. The lowest BCUT2D eigenvalue weighted by atomic mass is 9.87. The first-order valence-corrected chi connectivity index (χ1v) is 4.12. The highest BCUT2D eigenvalue weighted by molar-refractivity contribution is 5.00. The third-order valence-electron chi connectivity index (χ3n) is 3.18. The molecule has 2 saturated carbocycles. The zero-order valence-electron chi connectivity index (χ0n) is 6.16. The number of aliphatic hydroxyl groups is 1. The molecule has 0 aromatic heterocycles. The molecule has 2 aliphatic carbocycles. The molecule has 56 valence electrons. The molecular weight excluding hydrogens is 124 g/mol. The van der Waals surface area contributed by atoms with Crippen LogP contribution in [-0.4, -0.2) is 11.2 Å². The summed E-state index contributed by atoms with van der Waals surface area (Å²) in [5.41, 5.74) is 0. The molecule has 0 heterocycles. The van der Waals surface area contributed by atoms with E-state index >= 15 is 0 Å². The van der Waals surface area contributed by atoms with Crippen LogP contribution in [0, 0.1) is 17.8 Å². The van der Waals surface area contributed by atoms with Gasteiger partial charge in [-0.3, -0.25) is 0 Å². The maximum absolute atomic E-state index is 9.40. The number of rotatable bonds is 1. The lowest BCUT2D eigenvalue weighted by molar-refractivity contribution is 0.103. The normalized spacial score (nSPS) is 51.7. The van der Waals surface area contributed by atoms with E-state index < -0.39 is 0 Å². The second kappa shape index (κ2) is 2.09. The van der Waals surface area contributed by atoms with Crippen molar-refractivity contribution in [2.24, 2.45) is 17.8 Å². The van der Waals surface area contributed by atoms with Crippen molar-refractivity contribution >= 4 is 0 Å². The molecule has 2 rings (SSSR count). The smallest absolute Gasteiger partial charge is 0.0571 e. The van der Waals surface area contributed by atoms with E-state index in [1.165, 1.54) is 12.8 Å². The van der Waals surface area contributed by atoms with E-state index in [2.05, 4.69) is 12.7 Å². The summed E-state index contributed by atoms with van der Waals surface area (Å²) in [6, 6.07) is 0. The number of hydrogen-bond acceptors (Lipinski definition) is 1. The first-order chi connectivity index (χ1) is 4.81. The van der Waals surface area contributed by atoms with Gasteiger partial charge in [-0.15, -0.1) is 6.58 Å². The summed E-state index contributed by atoms with van der Waals surface area (Å²) in [7, 11) is 0. The van der Waals surface area contributed by atoms with E-state index in [0.29, 0.717) is 11.8 Å². The van der Waals surface area contributed by atoms with E-state index in [1.54, 1.807) is 0 Å². The Bertz CT molecular complexity index is 151. The number of aliphatic hydroxyl groups excluding tert-OH is 1. The quantitative estimate of drug-likeness (QED) is 0.545. The van der Waals surface area contributed by atoms with Crippen LogP contribution in [0.3, 0.4) is 0 Å². The lowest BCUT2D eigenvalue weighted by Crippen LogP contribution is -2.20. The fourth-order valence-corrected chi connectivity index (χ4v) is 2.58. The highest BCUT2D eigenvalue weighted by Gasteiger charge is 2.43. The second-order valence-electron chi connectivity index (χ2n) is 3.69. The summed E-state index contributed by atoms with van der Waals surface area (Å²) in [6.07, 6.45) is 5.55. The molecule has 0 amide bonds. The van der Waals surface area contributed by atoms with E-state index in [1.807, 2.05) is 0 Å². The van der Waals surface area contributed by atoms with Gasteiger partial charge in [-0.2, -0.15) is 0 Å². The molecule has 0 aromatic rings. The summed E-state index contributed by atoms with van der Waals surface area (Å²) in [6.45, 7) is 3.80. The Hall–Kier alpha value is -0.300. The molecule has 10 heavy (non-hydrogen) atoms. The SMILES string of the molecule is C=C[C@@H]1C[C@@H]2C[C@H]1C[C@H]2O. The zero-order chi connectivity index (χ0) is 7.14. The molecule has 0 radical (unpaired) electrons. The van der Waals surface area contributed by atoms with Gasteiger partial charge in [0.05, 0.1) is 6.10 Å². The van der Waals surface area contributed by atoms with Crippen LogP contribution in [-0.2, 0) is 0 Å². The van der Waals surface area contributed by atoms with E-state index in [0.717, 1.165) is 12.3 Å². The molecule has 0 unspecified atom stereocenters. The number of hydrogen-bond donors (Lipinski definition) is 1. The van der Waals surface area contributed by atoms with Crippen LogP contribution in [0.2, 0.25) is 0 Å². The molecule has 0 aromatic carbocycles. The average Bonchev–Trinajstić information content (AvgIpc) is 2.44. The molecule has 4 atom stereocenters. The van der Waals surface area contributed by atoms with Gasteiger partial charge in [-0.05, 0) is 37.0 Å². The summed E-state index contributed by atoms with van der Waals surface area (Å²) < 4.78 is 0. The van der Waals surface area contributed by atoms with Crippen LogP contribution in [0.5, 0.6) is 0 Å². The monoisotopic (exact) mass is 138 g/mol. The summed E-state index contributed by atoms with van der Waals surface area (Å²) in [5, 5.41) is 9.40. The Kier molecular flexibility index (Phi) is 1.34. The molecule has 2 bridgehead atoms. The molecule has 1 N–H and O–H groups in total. The largest absolute Gasteiger partial charge is 0.393 e. The maximum Gasteiger partial charge on any atom is 0.0571 e. The Morgan fingerprint density at radius 3 is 2.40 bits per heavy atom. The van der Waals surface area contributed by atoms with E-state index in [4.69, 9.17) is 0 Å². The summed E-state index contributed by atoms with van der Waals surface area (Å²) in [5.74, 6) is 2.08. The molecule has 0 spiro atoms. The Balaban J connectivity index is 2.08. The van der Waals surface area contributed by atoms with Crippen molar-refractivity contribution < 1.29 is 5.11 Å². The van der Waals surface area contributed by atoms with Gasteiger partial charge in [-0.25, -0.2) is 0 Å². The van der Waals surface area contributed by atoms with Gasteiger partial charge in [0.25, 0.3) is 0 Å². The predicted molar refractivity (Wildman–Crippen MR) is 40.5 cm³/mol.